The Kier molecular flexibility index (Phi) is 6.01. The molecule has 0 aliphatic heterocycles. The summed E-state index contributed by atoms with van der Waals surface area (Å²) in [5, 5.41) is 0. The van der Waals surface area contributed by atoms with E-state index in [0.717, 1.165) is 41.1 Å². The number of likely N-dealkylation sites (N-methyl/N-ethyl adjacent to an activating group) is 1. The number of halogens is 1. The first-order chi connectivity index (χ1) is 9.65. The molecule has 1 aromatic rings. The van der Waals surface area contributed by atoms with E-state index >= 15 is 0 Å². The molecule has 1 aromatic heterocycles. The lowest BCUT2D eigenvalue weighted by atomic mass is 10.0. The van der Waals surface area contributed by atoms with Crippen LogP contribution in [0.1, 0.15) is 57.0 Å². The lowest BCUT2D eigenvalue weighted by Crippen LogP contribution is -2.27. The van der Waals surface area contributed by atoms with Gasteiger partial charge in [-0.05, 0) is 48.5 Å². The number of aromatic nitrogens is 2. The van der Waals surface area contributed by atoms with Crippen molar-refractivity contribution in [3.63, 3.8) is 0 Å². The number of hydrogen-bond acceptors (Lipinski definition) is 3. The van der Waals surface area contributed by atoms with Gasteiger partial charge in [-0.2, -0.15) is 0 Å². The maximum atomic E-state index is 12.1. The van der Waals surface area contributed by atoms with Crippen LogP contribution >= 0.6 is 22.6 Å². The van der Waals surface area contributed by atoms with E-state index in [1.165, 1.54) is 25.7 Å². The van der Waals surface area contributed by atoms with Gasteiger partial charge in [-0.15, -0.1) is 0 Å². The fraction of sp³-hybridized carbons (Fsp3) is 0.733. The fourth-order valence-corrected chi connectivity index (χ4v) is 3.61. The van der Waals surface area contributed by atoms with Crippen LogP contribution < -0.4 is 5.56 Å². The summed E-state index contributed by atoms with van der Waals surface area (Å²) in [5.41, 5.74) is 1.08. The molecule has 0 saturated heterocycles. The maximum Gasteiger partial charge on any atom is 0.264 e. The molecule has 1 aliphatic carbocycles. The summed E-state index contributed by atoms with van der Waals surface area (Å²) in [4.78, 5) is 22.1. The monoisotopic (exact) mass is 389 g/mol. The average Bonchev–Trinajstić information content (AvgIpc) is 2.97. The Bertz CT molecular complexity index is 490. The Labute approximate surface area is 134 Å². The summed E-state index contributed by atoms with van der Waals surface area (Å²) in [7, 11) is 0. The predicted octanol–water partition coefficient (Wildman–Crippen LogP) is 2.92. The summed E-state index contributed by atoms with van der Waals surface area (Å²) in [6, 6.07) is 0. The second kappa shape index (κ2) is 7.54. The van der Waals surface area contributed by atoms with E-state index in [9.17, 15) is 4.79 Å². The van der Waals surface area contributed by atoms with Crippen LogP contribution in [0.25, 0.3) is 0 Å². The first-order valence-electron chi connectivity index (χ1n) is 7.66. The standard InChI is InChI=1S/C15H24IN3O/c1-3-19(4-2)10-9-12-17-14(11-7-5-6-8-11)13(16)15(20)18-12/h11H,3-10H2,1-2H3,(H,17,18,20). The van der Waals surface area contributed by atoms with Crippen molar-refractivity contribution in [3.05, 3.63) is 25.4 Å². The molecule has 0 bridgehead atoms. The maximum absolute atomic E-state index is 12.1. The molecule has 1 saturated carbocycles. The molecule has 1 aliphatic rings. The number of H-pyrrole nitrogens is 1. The van der Waals surface area contributed by atoms with Crippen LogP contribution in [0, 0.1) is 3.57 Å². The van der Waals surface area contributed by atoms with Gasteiger partial charge < -0.3 is 9.88 Å². The molecule has 1 heterocycles. The van der Waals surface area contributed by atoms with E-state index in [1.807, 2.05) is 0 Å². The van der Waals surface area contributed by atoms with E-state index in [0.29, 0.717) is 5.92 Å². The molecule has 0 aromatic carbocycles. The van der Waals surface area contributed by atoms with Crippen LogP contribution in [0.3, 0.4) is 0 Å². The molecule has 1 fully saturated rings. The highest BCUT2D eigenvalue weighted by atomic mass is 127. The minimum absolute atomic E-state index is 0.0389. The van der Waals surface area contributed by atoms with Crippen molar-refractivity contribution in [3.8, 4) is 0 Å². The van der Waals surface area contributed by atoms with Crippen molar-refractivity contribution in [2.24, 2.45) is 0 Å². The third kappa shape index (κ3) is 3.81. The normalized spacial score (nSPS) is 16.2. The van der Waals surface area contributed by atoms with Crippen molar-refractivity contribution in [1.29, 1.82) is 0 Å². The van der Waals surface area contributed by atoms with Gasteiger partial charge >= 0.3 is 0 Å². The minimum atomic E-state index is 0.0389. The highest BCUT2D eigenvalue weighted by Gasteiger charge is 2.22. The molecular weight excluding hydrogens is 365 g/mol. The highest BCUT2D eigenvalue weighted by molar-refractivity contribution is 14.1. The Balaban J connectivity index is 2.15. The smallest absolute Gasteiger partial charge is 0.264 e. The first kappa shape index (κ1) is 15.9. The summed E-state index contributed by atoms with van der Waals surface area (Å²) < 4.78 is 0.793. The summed E-state index contributed by atoms with van der Waals surface area (Å²) in [6.45, 7) is 7.37. The van der Waals surface area contributed by atoms with E-state index in [4.69, 9.17) is 4.98 Å². The van der Waals surface area contributed by atoms with E-state index in [2.05, 4.69) is 46.3 Å². The molecule has 4 nitrogen and oxygen atoms in total. The van der Waals surface area contributed by atoms with E-state index in [1.54, 1.807) is 0 Å². The van der Waals surface area contributed by atoms with Crippen LogP contribution in [-0.2, 0) is 6.42 Å². The van der Waals surface area contributed by atoms with Crippen LogP contribution in [-0.4, -0.2) is 34.5 Å². The van der Waals surface area contributed by atoms with Gasteiger partial charge in [0.1, 0.15) is 5.82 Å². The summed E-state index contributed by atoms with van der Waals surface area (Å²) >= 11 is 2.15. The molecule has 2 rings (SSSR count). The van der Waals surface area contributed by atoms with Gasteiger partial charge in [0.2, 0.25) is 0 Å². The Morgan fingerprint density at radius 1 is 1.30 bits per heavy atom. The van der Waals surface area contributed by atoms with E-state index in [-0.39, 0.29) is 5.56 Å². The number of aromatic amines is 1. The number of nitrogens with zero attached hydrogens (tertiary/aromatic N) is 2. The SMILES string of the molecule is CCN(CC)CCc1nc(C2CCCC2)c(I)c(=O)[nH]1. The molecule has 20 heavy (non-hydrogen) atoms. The molecule has 0 unspecified atom stereocenters. The number of hydrogen-bond donors (Lipinski definition) is 1. The Morgan fingerprint density at radius 3 is 2.55 bits per heavy atom. The van der Waals surface area contributed by atoms with Crippen molar-refractivity contribution in [2.75, 3.05) is 19.6 Å². The molecule has 0 amide bonds. The number of rotatable bonds is 6. The zero-order valence-electron chi connectivity index (χ0n) is 12.4. The average molecular weight is 389 g/mol. The predicted molar refractivity (Wildman–Crippen MR) is 90.3 cm³/mol. The van der Waals surface area contributed by atoms with Crippen molar-refractivity contribution < 1.29 is 0 Å². The lowest BCUT2D eigenvalue weighted by Gasteiger charge is -2.18. The molecule has 1 N–H and O–H groups in total. The van der Waals surface area contributed by atoms with Crippen LogP contribution in [0.15, 0.2) is 4.79 Å². The van der Waals surface area contributed by atoms with Crippen LogP contribution in [0.5, 0.6) is 0 Å². The van der Waals surface area contributed by atoms with Gasteiger partial charge in [0.15, 0.2) is 0 Å². The zero-order valence-corrected chi connectivity index (χ0v) is 14.6. The molecule has 0 atom stereocenters. The third-order valence-corrected chi connectivity index (χ3v) is 5.28. The van der Waals surface area contributed by atoms with Crippen molar-refractivity contribution in [2.45, 2.75) is 51.9 Å². The molecule has 0 spiro atoms. The summed E-state index contributed by atoms with van der Waals surface area (Å²) in [5.74, 6) is 1.35. The van der Waals surface area contributed by atoms with E-state index < -0.39 is 0 Å². The van der Waals surface area contributed by atoms with Gasteiger partial charge in [0.25, 0.3) is 5.56 Å². The summed E-state index contributed by atoms with van der Waals surface area (Å²) in [6.07, 6.45) is 5.73. The topological polar surface area (TPSA) is 49.0 Å². The van der Waals surface area contributed by atoms with Crippen LogP contribution in [0.4, 0.5) is 0 Å². The lowest BCUT2D eigenvalue weighted by molar-refractivity contribution is 0.305. The Hall–Kier alpha value is -0.430. The van der Waals surface area contributed by atoms with Gasteiger partial charge in [-0.1, -0.05) is 26.7 Å². The highest BCUT2D eigenvalue weighted by Crippen LogP contribution is 2.34. The third-order valence-electron chi connectivity index (χ3n) is 4.24. The largest absolute Gasteiger partial charge is 0.310 e. The van der Waals surface area contributed by atoms with Gasteiger partial charge in [0, 0.05) is 18.9 Å². The zero-order chi connectivity index (χ0) is 14.5. The second-order valence-electron chi connectivity index (χ2n) is 5.47. The molecular formula is C15H24IN3O. The second-order valence-corrected chi connectivity index (χ2v) is 6.55. The minimum Gasteiger partial charge on any atom is -0.310 e. The van der Waals surface area contributed by atoms with Gasteiger partial charge in [0.05, 0.1) is 9.26 Å². The molecule has 0 radical (unpaired) electrons. The van der Waals surface area contributed by atoms with Gasteiger partial charge in [-0.25, -0.2) is 4.98 Å². The fourth-order valence-electron chi connectivity index (χ4n) is 2.92. The van der Waals surface area contributed by atoms with Crippen molar-refractivity contribution >= 4 is 22.6 Å². The quantitative estimate of drug-likeness (QED) is 0.762. The number of nitrogens with one attached hydrogen (secondary N) is 1. The molecule has 112 valence electrons. The molecule has 5 heteroatoms. The van der Waals surface area contributed by atoms with Crippen LogP contribution in [0.2, 0.25) is 0 Å². The van der Waals surface area contributed by atoms with Gasteiger partial charge in [-0.3, -0.25) is 4.79 Å². The van der Waals surface area contributed by atoms with Crippen molar-refractivity contribution in [1.82, 2.24) is 14.9 Å². The Morgan fingerprint density at radius 2 is 1.95 bits per heavy atom. The first-order valence-corrected chi connectivity index (χ1v) is 8.74.